The predicted octanol–water partition coefficient (Wildman–Crippen LogP) is 16.3. The van der Waals surface area contributed by atoms with Crippen molar-refractivity contribution in [2.75, 3.05) is 0 Å². The Kier molecular flexibility index (Phi) is 7.97. The van der Waals surface area contributed by atoms with Crippen LogP contribution in [-0.2, 0) is 5.41 Å². The molecule has 1 aliphatic heterocycles. The van der Waals surface area contributed by atoms with Gasteiger partial charge in [0.1, 0.15) is 0 Å². The molecule has 0 saturated carbocycles. The van der Waals surface area contributed by atoms with Crippen molar-refractivity contribution in [3.8, 4) is 39.6 Å². The number of nitrogens with zero attached hydrogens (tertiary/aromatic N) is 5. The molecule has 6 heteroatoms. The summed E-state index contributed by atoms with van der Waals surface area (Å²) in [6.45, 7) is 0. The van der Waals surface area contributed by atoms with Crippen LogP contribution in [0.25, 0.3) is 105 Å². The highest BCUT2D eigenvalue weighted by Crippen LogP contribution is 2.62. The van der Waals surface area contributed by atoms with Gasteiger partial charge in [-0.25, -0.2) is 0 Å². The molecule has 0 N–H and O–H groups in total. The van der Waals surface area contributed by atoms with Gasteiger partial charge in [0, 0.05) is 71.6 Å². The molecular weight excluding hydrogens is 883 g/mol. The van der Waals surface area contributed by atoms with Crippen LogP contribution in [0.5, 0.6) is 0 Å². The van der Waals surface area contributed by atoms with E-state index in [4.69, 9.17) is 9.97 Å². The molecule has 5 aromatic heterocycles. The monoisotopic (exact) mass is 921 g/mol. The van der Waals surface area contributed by atoms with Crippen LogP contribution in [0.1, 0.15) is 22.3 Å². The number of fused-ring (bicyclic) bond motifs is 18. The lowest BCUT2D eigenvalue weighted by atomic mass is 9.67. The van der Waals surface area contributed by atoms with Crippen LogP contribution in [0.3, 0.4) is 0 Å². The van der Waals surface area contributed by atoms with E-state index < -0.39 is 5.41 Å². The number of rotatable bonds is 4. The van der Waals surface area contributed by atoms with Gasteiger partial charge < -0.3 is 13.7 Å². The molecule has 14 aromatic rings. The standard InChI is InChI=1S/C65H39N5S/c1-6-23-55-45(16-1)46-17-2-7-24-56(46)68(55)42-14-11-15-43(38-42)69-59-27-10-5-20-49(59)50-36-40(29-32-60(50)69)41-28-31-51-62(37-41)71-61-33-30-44(70-57-25-8-3-18-47(57)48-19-4-9-26-58(48)70)39-54(61)65(51)52-21-12-34-66-63(52)64-53(65)22-13-35-67-64/h1-39H. The maximum atomic E-state index is 5.06. The molecule has 0 atom stereocenters. The Morgan fingerprint density at radius 1 is 0.296 bits per heavy atom. The second kappa shape index (κ2) is 14.5. The van der Waals surface area contributed by atoms with E-state index in [9.17, 15) is 0 Å². The van der Waals surface area contributed by atoms with Crippen molar-refractivity contribution in [1.29, 1.82) is 0 Å². The first-order valence-electron chi connectivity index (χ1n) is 24.2. The molecule has 9 aromatic carbocycles. The van der Waals surface area contributed by atoms with E-state index in [0.29, 0.717) is 0 Å². The summed E-state index contributed by atoms with van der Waals surface area (Å²) in [4.78, 5) is 12.6. The molecule has 6 heterocycles. The van der Waals surface area contributed by atoms with Crippen LogP contribution in [-0.4, -0.2) is 23.7 Å². The Bertz CT molecular complexity index is 4440. The van der Waals surface area contributed by atoms with Gasteiger partial charge >= 0.3 is 0 Å². The first-order chi connectivity index (χ1) is 35.2. The Balaban J connectivity index is 0.866. The van der Waals surface area contributed by atoms with Gasteiger partial charge in [-0.05, 0) is 130 Å². The average molecular weight is 922 g/mol. The topological polar surface area (TPSA) is 40.6 Å². The molecule has 2 aliphatic rings. The quantitative estimate of drug-likeness (QED) is 0.177. The highest BCUT2D eigenvalue weighted by molar-refractivity contribution is 7.99. The van der Waals surface area contributed by atoms with Gasteiger partial charge in [-0.15, -0.1) is 0 Å². The molecule has 330 valence electrons. The minimum Gasteiger partial charge on any atom is -0.309 e. The van der Waals surface area contributed by atoms with Crippen LogP contribution in [0.15, 0.2) is 247 Å². The second-order valence-corrected chi connectivity index (χ2v) is 20.0. The van der Waals surface area contributed by atoms with E-state index in [1.807, 2.05) is 24.2 Å². The van der Waals surface area contributed by atoms with Gasteiger partial charge in [-0.2, -0.15) is 0 Å². The Morgan fingerprint density at radius 3 is 1.28 bits per heavy atom. The van der Waals surface area contributed by atoms with E-state index in [1.54, 1.807) is 0 Å². The van der Waals surface area contributed by atoms with Gasteiger partial charge in [0.25, 0.3) is 0 Å². The number of aromatic nitrogens is 5. The molecule has 1 aliphatic carbocycles. The Labute approximate surface area is 412 Å². The van der Waals surface area contributed by atoms with Crippen LogP contribution < -0.4 is 0 Å². The fourth-order valence-corrected chi connectivity index (χ4v) is 13.7. The van der Waals surface area contributed by atoms with Gasteiger partial charge in [-0.1, -0.05) is 139 Å². The number of para-hydroxylation sites is 5. The van der Waals surface area contributed by atoms with Gasteiger partial charge in [-0.3, -0.25) is 9.97 Å². The molecule has 0 fully saturated rings. The first kappa shape index (κ1) is 38.9. The summed E-state index contributed by atoms with van der Waals surface area (Å²) in [6.07, 6.45) is 3.81. The zero-order chi connectivity index (χ0) is 46.4. The molecular formula is C65H39N5S. The van der Waals surface area contributed by atoms with E-state index >= 15 is 0 Å². The number of hydrogen-bond acceptors (Lipinski definition) is 3. The molecule has 1 spiro atoms. The van der Waals surface area contributed by atoms with Crippen molar-refractivity contribution < 1.29 is 0 Å². The van der Waals surface area contributed by atoms with Crippen molar-refractivity contribution in [2.45, 2.75) is 15.2 Å². The molecule has 0 bridgehead atoms. The summed E-state index contributed by atoms with van der Waals surface area (Å²) in [6, 6.07) is 82.8. The third-order valence-corrected chi connectivity index (χ3v) is 16.5. The van der Waals surface area contributed by atoms with Crippen molar-refractivity contribution >= 4 is 77.2 Å². The van der Waals surface area contributed by atoms with Crippen LogP contribution in [0.4, 0.5) is 0 Å². The Hall–Kier alpha value is -8.97. The summed E-state index contributed by atoms with van der Waals surface area (Å²) in [5.41, 5.74) is 19.0. The van der Waals surface area contributed by atoms with E-state index in [1.165, 1.54) is 109 Å². The largest absolute Gasteiger partial charge is 0.309 e. The summed E-state index contributed by atoms with van der Waals surface area (Å²) < 4.78 is 7.26. The molecule has 0 unspecified atom stereocenters. The van der Waals surface area contributed by atoms with E-state index in [2.05, 4.69) is 238 Å². The first-order valence-corrected chi connectivity index (χ1v) is 25.0. The van der Waals surface area contributed by atoms with Crippen molar-refractivity contribution in [3.63, 3.8) is 0 Å². The summed E-state index contributed by atoms with van der Waals surface area (Å²) in [7, 11) is 0. The molecule has 16 rings (SSSR count). The fraction of sp³-hybridized carbons (Fsp3) is 0.0154. The zero-order valence-electron chi connectivity index (χ0n) is 38.2. The summed E-state index contributed by atoms with van der Waals surface area (Å²) >= 11 is 1.87. The maximum Gasteiger partial charge on any atom is 0.0937 e. The lowest BCUT2D eigenvalue weighted by Gasteiger charge is -2.39. The number of hydrogen-bond donors (Lipinski definition) is 0. The van der Waals surface area contributed by atoms with E-state index in [0.717, 1.165) is 28.5 Å². The zero-order valence-corrected chi connectivity index (χ0v) is 39.0. The predicted molar refractivity (Wildman–Crippen MR) is 292 cm³/mol. The normalized spacial score (nSPS) is 13.4. The smallest absolute Gasteiger partial charge is 0.0937 e. The van der Waals surface area contributed by atoms with Crippen molar-refractivity contribution in [1.82, 2.24) is 23.7 Å². The van der Waals surface area contributed by atoms with Gasteiger partial charge in [0.05, 0.1) is 49.9 Å². The lowest BCUT2D eigenvalue weighted by molar-refractivity contribution is 0.718. The third-order valence-electron chi connectivity index (χ3n) is 15.4. The summed E-state index contributed by atoms with van der Waals surface area (Å²) in [5, 5.41) is 7.47. The highest BCUT2D eigenvalue weighted by Gasteiger charge is 2.51. The molecule has 5 nitrogen and oxygen atoms in total. The third kappa shape index (κ3) is 5.26. The van der Waals surface area contributed by atoms with Crippen molar-refractivity contribution in [2.24, 2.45) is 0 Å². The van der Waals surface area contributed by atoms with Crippen LogP contribution in [0, 0.1) is 0 Å². The van der Waals surface area contributed by atoms with Gasteiger partial charge in [0.15, 0.2) is 0 Å². The fourth-order valence-electron chi connectivity index (χ4n) is 12.5. The molecule has 0 amide bonds. The molecule has 0 radical (unpaired) electrons. The van der Waals surface area contributed by atoms with Crippen LogP contribution >= 0.6 is 11.8 Å². The Morgan fingerprint density at radius 2 is 0.746 bits per heavy atom. The highest BCUT2D eigenvalue weighted by atomic mass is 32.2. The average Bonchev–Trinajstić information content (AvgIpc) is 4.15. The van der Waals surface area contributed by atoms with E-state index in [-0.39, 0.29) is 0 Å². The SMILES string of the molecule is c1cc(-n2c3ccccc3c3ccccc32)cc(-n2c3ccccc3c3cc(-c4ccc5c(c4)Sc4ccc(-n6c7ccccc7c7ccccc76)cc4C54c5cccnc5-c5ncccc54)ccc32)c1. The second-order valence-electron chi connectivity index (χ2n) is 18.9. The molecule has 0 saturated heterocycles. The maximum absolute atomic E-state index is 5.06. The minimum absolute atomic E-state index is 0.637. The number of benzene rings is 9. The van der Waals surface area contributed by atoms with Crippen LogP contribution in [0.2, 0.25) is 0 Å². The van der Waals surface area contributed by atoms with Gasteiger partial charge in [0.2, 0.25) is 0 Å². The minimum atomic E-state index is -0.637. The molecule has 71 heavy (non-hydrogen) atoms. The summed E-state index contributed by atoms with van der Waals surface area (Å²) in [5.74, 6) is 0. The van der Waals surface area contributed by atoms with Crippen molar-refractivity contribution in [3.05, 3.63) is 259 Å². The number of pyridine rings is 2. The lowest BCUT2D eigenvalue weighted by Crippen LogP contribution is -2.32.